The van der Waals surface area contributed by atoms with Gasteiger partial charge < -0.3 is 9.40 Å². The number of fused-ring (bicyclic) bond motifs is 4. The largest absolute Gasteiger partial charge is 0.341 e. The molecule has 0 fully saturated rings. The first kappa shape index (κ1) is 21.2. The smallest absolute Gasteiger partial charge is 0.331 e. The van der Waals surface area contributed by atoms with Crippen LogP contribution in [0.2, 0.25) is 0 Å². The standard InChI is InChI=1S/C27H22N2O3S/c1-4-29-23-11-9-18(14-26-27(31)20-7-5-6-8-25(20)33-26)13-21(23)22-15-19(10-12-24(22)29)16(2)28-32-17(3)30/h5-15H,4H2,1-3H3/b26-14-,28-16+. The van der Waals surface area contributed by atoms with Gasteiger partial charge in [0.25, 0.3) is 0 Å². The highest BCUT2D eigenvalue weighted by Crippen LogP contribution is 2.41. The van der Waals surface area contributed by atoms with Crippen molar-refractivity contribution < 1.29 is 14.4 Å². The third-order valence-corrected chi connectivity index (χ3v) is 6.91. The van der Waals surface area contributed by atoms with Crippen LogP contribution in [0.1, 0.15) is 42.3 Å². The number of ketones is 1. The van der Waals surface area contributed by atoms with Crippen LogP contribution in [0.3, 0.4) is 0 Å². The number of thioether (sulfide) groups is 1. The molecule has 0 atom stereocenters. The molecule has 0 saturated heterocycles. The number of benzene rings is 3. The summed E-state index contributed by atoms with van der Waals surface area (Å²) in [6.45, 7) is 6.11. The number of hydrogen-bond acceptors (Lipinski definition) is 5. The van der Waals surface area contributed by atoms with Gasteiger partial charge in [-0.15, -0.1) is 0 Å². The van der Waals surface area contributed by atoms with Gasteiger partial charge in [-0.25, -0.2) is 4.79 Å². The molecule has 0 saturated carbocycles. The Hall–Kier alpha value is -3.64. The van der Waals surface area contributed by atoms with E-state index in [9.17, 15) is 9.59 Å². The first-order valence-electron chi connectivity index (χ1n) is 10.8. The van der Waals surface area contributed by atoms with Crippen LogP contribution in [0.5, 0.6) is 0 Å². The molecule has 5 rings (SSSR count). The van der Waals surface area contributed by atoms with E-state index in [1.54, 1.807) is 0 Å². The molecule has 5 nitrogen and oxygen atoms in total. The number of nitrogens with zero attached hydrogens (tertiary/aromatic N) is 2. The maximum Gasteiger partial charge on any atom is 0.331 e. The number of carbonyl (C=O) groups excluding carboxylic acids is 2. The van der Waals surface area contributed by atoms with Crippen LogP contribution in [0, 0.1) is 0 Å². The van der Waals surface area contributed by atoms with Crippen LogP contribution < -0.4 is 0 Å². The molecular weight excluding hydrogens is 432 g/mol. The molecule has 1 aromatic heterocycles. The summed E-state index contributed by atoms with van der Waals surface area (Å²) in [5, 5.41) is 6.13. The Kier molecular flexibility index (Phi) is 5.38. The summed E-state index contributed by atoms with van der Waals surface area (Å²) >= 11 is 1.52. The van der Waals surface area contributed by atoms with Crippen LogP contribution in [0.25, 0.3) is 27.9 Å². The van der Waals surface area contributed by atoms with Gasteiger partial charge in [0.15, 0.2) is 0 Å². The molecule has 164 valence electrons. The van der Waals surface area contributed by atoms with Gasteiger partial charge in [0.05, 0.1) is 10.6 Å². The lowest BCUT2D eigenvalue weighted by Crippen LogP contribution is -1.99. The Morgan fingerprint density at radius 3 is 2.48 bits per heavy atom. The molecule has 0 spiro atoms. The van der Waals surface area contributed by atoms with E-state index in [1.165, 1.54) is 18.7 Å². The van der Waals surface area contributed by atoms with Crippen LogP contribution >= 0.6 is 11.8 Å². The molecular formula is C27H22N2O3S. The highest BCUT2D eigenvalue weighted by atomic mass is 32.2. The summed E-state index contributed by atoms with van der Waals surface area (Å²) in [6.07, 6.45) is 1.97. The summed E-state index contributed by atoms with van der Waals surface area (Å²) in [5.41, 5.74) is 5.53. The number of carbonyl (C=O) groups is 2. The second-order valence-electron chi connectivity index (χ2n) is 7.95. The van der Waals surface area contributed by atoms with Crippen LogP contribution in [0.15, 0.2) is 75.6 Å². The molecule has 2 heterocycles. The minimum Gasteiger partial charge on any atom is -0.341 e. The zero-order valence-corrected chi connectivity index (χ0v) is 19.4. The number of aromatic nitrogens is 1. The lowest BCUT2D eigenvalue weighted by molar-refractivity contribution is -0.140. The van der Waals surface area contributed by atoms with Crippen molar-refractivity contribution in [1.29, 1.82) is 0 Å². The monoisotopic (exact) mass is 454 g/mol. The van der Waals surface area contributed by atoms with Gasteiger partial charge in [-0.2, -0.15) is 0 Å². The Morgan fingerprint density at radius 2 is 1.76 bits per heavy atom. The van der Waals surface area contributed by atoms with Gasteiger partial charge in [0.1, 0.15) is 0 Å². The predicted molar refractivity (Wildman–Crippen MR) is 134 cm³/mol. The summed E-state index contributed by atoms with van der Waals surface area (Å²) in [4.78, 5) is 30.5. The topological polar surface area (TPSA) is 60.7 Å². The third-order valence-electron chi connectivity index (χ3n) is 5.81. The third kappa shape index (κ3) is 3.76. The fourth-order valence-electron chi connectivity index (χ4n) is 4.25. The molecule has 4 aromatic rings. The van der Waals surface area contributed by atoms with Gasteiger partial charge in [0.2, 0.25) is 5.78 Å². The van der Waals surface area contributed by atoms with Gasteiger partial charge in [0, 0.05) is 45.7 Å². The number of allylic oxidation sites excluding steroid dienone is 1. The summed E-state index contributed by atoms with van der Waals surface area (Å²) in [5.74, 6) is -0.372. The fraction of sp³-hybridized carbons (Fsp3) is 0.148. The van der Waals surface area contributed by atoms with Gasteiger partial charge in [-0.3, -0.25) is 4.79 Å². The van der Waals surface area contributed by atoms with E-state index in [0.29, 0.717) is 5.71 Å². The molecule has 0 N–H and O–H groups in total. The predicted octanol–water partition coefficient (Wildman–Crippen LogP) is 6.43. The van der Waals surface area contributed by atoms with Crippen LogP contribution in [-0.2, 0) is 16.2 Å². The lowest BCUT2D eigenvalue weighted by atomic mass is 10.0. The first-order valence-corrected chi connectivity index (χ1v) is 11.6. The van der Waals surface area contributed by atoms with E-state index in [0.717, 1.165) is 54.8 Å². The molecule has 1 aliphatic rings. The highest BCUT2D eigenvalue weighted by Gasteiger charge is 2.25. The Labute approximate surface area is 195 Å². The molecule has 0 aliphatic carbocycles. The van der Waals surface area contributed by atoms with Crippen LogP contribution in [0.4, 0.5) is 0 Å². The van der Waals surface area contributed by atoms with Crippen molar-refractivity contribution in [3.63, 3.8) is 0 Å². The summed E-state index contributed by atoms with van der Waals surface area (Å²) in [7, 11) is 0. The Morgan fingerprint density at radius 1 is 1.03 bits per heavy atom. The molecule has 0 bridgehead atoms. The second-order valence-corrected chi connectivity index (χ2v) is 9.03. The van der Waals surface area contributed by atoms with Gasteiger partial charge in [-0.05, 0) is 67.4 Å². The molecule has 0 radical (unpaired) electrons. The van der Waals surface area contributed by atoms with Crippen molar-refractivity contribution >= 4 is 57.1 Å². The zero-order valence-electron chi connectivity index (χ0n) is 18.6. The van der Waals surface area contributed by atoms with Crippen molar-refractivity contribution in [1.82, 2.24) is 4.57 Å². The van der Waals surface area contributed by atoms with E-state index >= 15 is 0 Å². The average Bonchev–Trinajstić information content (AvgIpc) is 3.31. The molecule has 33 heavy (non-hydrogen) atoms. The van der Waals surface area contributed by atoms with E-state index in [4.69, 9.17) is 4.84 Å². The van der Waals surface area contributed by atoms with Crippen molar-refractivity contribution in [2.45, 2.75) is 32.2 Å². The molecule has 3 aromatic carbocycles. The van der Waals surface area contributed by atoms with Crippen molar-refractivity contribution in [3.8, 4) is 0 Å². The van der Waals surface area contributed by atoms with E-state index in [-0.39, 0.29) is 5.78 Å². The highest BCUT2D eigenvalue weighted by molar-refractivity contribution is 8.04. The van der Waals surface area contributed by atoms with Crippen molar-refractivity contribution in [2.75, 3.05) is 0 Å². The minimum atomic E-state index is -0.447. The van der Waals surface area contributed by atoms with Crippen molar-refractivity contribution in [2.24, 2.45) is 5.16 Å². The Balaban J connectivity index is 1.61. The van der Waals surface area contributed by atoms with E-state index < -0.39 is 5.97 Å². The van der Waals surface area contributed by atoms with Gasteiger partial charge in [-0.1, -0.05) is 41.2 Å². The Bertz CT molecular complexity index is 1510. The van der Waals surface area contributed by atoms with E-state index in [2.05, 4.69) is 47.0 Å². The first-order chi connectivity index (χ1) is 16.0. The lowest BCUT2D eigenvalue weighted by Gasteiger charge is -2.04. The van der Waals surface area contributed by atoms with Gasteiger partial charge >= 0.3 is 5.97 Å². The maximum absolute atomic E-state index is 12.8. The number of aryl methyl sites for hydroxylation is 1. The zero-order chi connectivity index (χ0) is 23.1. The molecule has 1 aliphatic heterocycles. The summed E-state index contributed by atoms with van der Waals surface area (Å²) < 4.78 is 2.27. The quantitative estimate of drug-likeness (QED) is 0.154. The molecule has 6 heteroatoms. The number of Topliss-reactive ketones (excluding diaryl/α,β-unsaturated/α-hetero) is 1. The number of rotatable bonds is 4. The second kappa shape index (κ2) is 8.37. The van der Waals surface area contributed by atoms with Crippen molar-refractivity contribution in [3.05, 3.63) is 82.3 Å². The normalized spacial score (nSPS) is 14.9. The number of hydrogen-bond donors (Lipinski definition) is 0. The molecule has 0 amide bonds. The summed E-state index contributed by atoms with van der Waals surface area (Å²) in [6, 6.07) is 20.2. The fourth-order valence-corrected chi connectivity index (χ4v) is 5.30. The maximum atomic E-state index is 12.8. The number of oxime groups is 1. The minimum absolute atomic E-state index is 0.0753. The molecule has 0 unspecified atom stereocenters. The average molecular weight is 455 g/mol. The SMILES string of the molecule is CCn1c2ccc(/C=C3\Sc4ccccc4C3=O)cc2c2cc(/C(C)=N/OC(C)=O)ccc21. The van der Waals surface area contributed by atoms with Crippen LogP contribution in [-0.4, -0.2) is 22.0 Å². The van der Waals surface area contributed by atoms with E-state index in [1.807, 2.05) is 43.3 Å².